The molecule has 2 aromatic heterocycles. The van der Waals surface area contributed by atoms with Crippen LogP contribution in [-0.2, 0) is 17.8 Å². The van der Waals surface area contributed by atoms with Gasteiger partial charge in [-0.3, -0.25) is 14.9 Å². The molecule has 4 heteroatoms. The number of pyridine rings is 2. The second-order valence-corrected chi connectivity index (χ2v) is 5.40. The van der Waals surface area contributed by atoms with Gasteiger partial charge in [0, 0.05) is 32.0 Å². The van der Waals surface area contributed by atoms with Crippen LogP contribution in [0.25, 0.3) is 0 Å². The van der Waals surface area contributed by atoms with Gasteiger partial charge in [-0.1, -0.05) is 25.3 Å². The van der Waals surface area contributed by atoms with Crippen LogP contribution in [0, 0.1) is 0 Å². The predicted molar refractivity (Wildman–Crippen MR) is 92.5 cm³/mol. The quantitative estimate of drug-likeness (QED) is 0.524. The van der Waals surface area contributed by atoms with Gasteiger partial charge in [0.05, 0.1) is 11.4 Å². The topological polar surface area (TPSA) is 38.2 Å². The molecule has 0 aliphatic rings. The van der Waals surface area contributed by atoms with E-state index in [1.165, 1.54) is 0 Å². The Morgan fingerprint density at radius 2 is 1.57 bits per heavy atom. The summed E-state index contributed by atoms with van der Waals surface area (Å²) in [6, 6.07) is 11.9. The van der Waals surface area contributed by atoms with Crippen LogP contribution in [-0.4, -0.2) is 28.0 Å². The van der Waals surface area contributed by atoms with E-state index in [2.05, 4.69) is 28.0 Å². The summed E-state index contributed by atoms with van der Waals surface area (Å²) in [4.78, 5) is 11.1. The van der Waals surface area contributed by atoms with Crippen LogP contribution in [0.3, 0.4) is 0 Å². The van der Waals surface area contributed by atoms with Crippen molar-refractivity contribution in [3.8, 4) is 0 Å². The predicted octanol–water partition coefficient (Wildman–Crippen LogP) is 3.59. The Kier molecular flexibility index (Phi) is 6.51. The number of rotatable bonds is 9. The molecule has 0 saturated heterocycles. The van der Waals surface area contributed by atoms with Gasteiger partial charge in [0.2, 0.25) is 0 Å². The van der Waals surface area contributed by atoms with Crippen molar-refractivity contribution in [3.05, 3.63) is 84.7 Å². The fourth-order valence-corrected chi connectivity index (χ4v) is 2.08. The average molecular weight is 309 g/mol. The molecule has 2 aromatic rings. The van der Waals surface area contributed by atoms with Gasteiger partial charge in [0.25, 0.3) is 0 Å². The summed E-state index contributed by atoms with van der Waals surface area (Å²) in [5.74, 6) is 0.639. The monoisotopic (exact) mass is 309 g/mol. The molecule has 2 heterocycles. The summed E-state index contributed by atoms with van der Waals surface area (Å²) >= 11 is 0. The van der Waals surface area contributed by atoms with Crippen LogP contribution in [0.1, 0.15) is 18.3 Å². The Hall–Kier alpha value is -2.46. The average Bonchev–Trinajstić information content (AvgIpc) is 2.56. The van der Waals surface area contributed by atoms with Crippen LogP contribution in [0.4, 0.5) is 0 Å². The third-order valence-electron chi connectivity index (χ3n) is 3.38. The number of ether oxygens (including phenoxy) is 1. The Balaban J connectivity index is 1.96. The number of hydrogen-bond donors (Lipinski definition) is 0. The van der Waals surface area contributed by atoms with Gasteiger partial charge in [-0.25, -0.2) is 0 Å². The van der Waals surface area contributed by atoms with Crippen LogP contribution < -0.4 is 0 Å². The van der Waals surface area contributed by atoms with Crippen molar-refractivity contribution >= 4 is 0 Å². The minimum absolute atomic E-state index is 0.561. The Morgan fingerprint density at radius 1 is 1.00 bits per heavy atom. The highest BCUT2D eigenvalue weighted by atomic mass is 16.5. The standard InChI is InChI=1S/C19H23N3O/c1-16(2)17(3)23-13-12-22(14-18-8-4-6-10-20-18)15-19-9-5-7-11-21-19/h4-11H,1,3,12-15H2,2H3. The lowest BCUT2D eigenvalue weighted by molar-refractivity contribution is 0.152. The van der Waals surface area contributed by atoms with Crippen molar-refractivity contribution in [3.63, 3.8) is 0 Å². The van der Waals surface area contributed by atoms with E-state index in [1.54, 1.807) is 0 Å². The van der Waals surface area contributed by atoms with Gasteiger partial charge < -0.3 is 4.74 Å². The zero-order chi connectivity index (χ0) is 16.5. The second-order valence-electron chi connectivity index (χ2n) is 5.40. The van der Waals surface area contributed by atoms with E-state index in [1.807, 2.05) is 55.7 Å². The molecule has 0 saturated carbocycles. The largest absolute Gasteiger partial charge is 0.493 e. The minimum Gasteiger partial charge on any atom is -0.493 e. The first kappa shape index (κ1) is 16.9. The van der Waals surface area contributed by atoms with E-state index in [-0.39, 0.29) is 0 Å². The van der Waals surface area contributed by atoms with Gasteiger partial charge in [-0.15, -0.1) is 0 Å². The molecule has 0 aliphatic heterocycles. The molecule has 0 radical (unpaired) electrons. The van der Waals surface area contributed by atoms with E-state index < -0.39 is 0 Å². The summed E-state index contributed by atoms with van der Waals surface area (Å²) in [6.07, 6.45) is 3.63. The van der Waals surface area contributed by atoms with Gasteiger partial charge >= 0.3 is 0 Å². The summed E-state index contributed by atoms with van der Waals surface area (Å²) < 4.78 is 5.63. The molecule has 2 rings (SSSR count). The molecule has 0 fully saturated rings. The second kappa shape index (κ2) is 8.86. The maximum Gasteiger partial charge on any atom is 0.114 e. The van der Waals surface area contributed by atoms with Crippen molar-refractivity contribution in [2.75, 3.05) is 13.2 Å². The van der Waals surface area contributed by atoms with E-state index >= 15 is 0 Å². The summed E-state index contributed by atoms with van der Waals surface area (Å²) in [7, 11) is 0. The van der Waals surface area contributed by atoms with Crippen molar-refractivity contribution in [2.24, 2.45) is 0 Å². The smallest absolute Gasteiger partial charge is 0.114 e. The van der Waals surface area contributed by atoms with Gasteiger partial charge in [-0.2, -0.15) is 0 Å². The third kappa shape index (κ3) is 6.04. The molecule has 0 N–H and O–H groups in total. The molecule has 0 unspecified atom stereocenters. The lowest BCUT2D eigenvalue weighted by Gasteiger charge is -2.22. The molecular weight excluding hydrogens is 286 g/mol. The van der Waals surface area contributed by atoms with E-state index in [9.17, 15) is 0 Å². The highest BCUT2D eigenvalue weighted by Crippen LogP contribution is 2.09. The number of aromatic nitrogens is 2. The van der Waals surface area contributed by atoms with Crippen LogP contribution in [0.5, 0.6) is 0 Å². The zero-order valence-electron chi connectivity index (χ0n) is 13.6. The molecular formula is C19H23N3O. The van der Waals surface area contributed by atoms with Crippen LogP contribution in [0.15, 0.2) is 73.3 Å². The van der Waals surface area contributed by atoms with E-state index in [0.29, 0.717) is 12.4 Å². The molecule has 0 aromatic carbocycles. The van der Waals surface area contributed by atoms with Gasteiger partial charge in [0.1, 0.15) is 12.4 Å². The Morgan fingerprint density at radius 3 is 2.00 bits per heavy atom. The third-order valence-corrected chi connectivity index (χ3v) is 3.38. The first-order chi connectivity index (χ1) is 11.1. The SMILES string of the molecule is C=C(C)C(=C)OCCN(Cc1ccccn1)Cc1ccccn1. The zero-order valence-corrected chi connectivity index (χ0v) is 13.6. The Bertz CT molecular complexity index is 584. The normalized spacial score (nSPS) is 10.5. The molecule has 0 atom stereocenters. The first-order valence-corrected chi connectivity index (χ1v) is 7.65. The van der Waals surface area contributed by atoms with Gasteiger partial charge in [-0.05, 0) is 36.8 Å². The highest BCUT2D eigenvalue weighted by Gasteiger charge is 2.09. The summed E-state index contributed by atoms with van der Waals surface area (Å²) in [5.41, 5.74) is 2.91. The molecule has 0 aliphatic carbocycles. The molecule has 0 spiro atoms. The van der Waals surface area contributed by atoms with Crippen LogP contribution in [0.2, 0.25) is 0 Å². The number of nitrogens with zero attached hydrogens (tertiary/aromatic N) is 3. The van der Waals surface area contributed by atoms with Crippen molar-refractivity contribution in [2.45, 2.75) is 20.0 Å². The van der Waals surface area contributed by atoms with Crippen molar-refractivity contribution < 1.29 is 4.74 Å². The molecule has 23 heavy (non-hydrogen) atoms. The molecule has 0 bridgehead atoms. The van der Waals surface area contributed by atoms with E-state index in [4.69, 9.17) is 4.74 Å². The highest BCUT2D eigenvalue weighted by molar-refractivity contribution is 5.15. The van der Waals surface area contributed by atoms with E-state index in [0.717, 1.165) is 36.6 Å². The fourth-order valence-electron chi connectivity index (χ4n) is 2.08. The van der Waals surface area contributed by atoms with Crippen LogP contribution >= 0.6 is 0 Å². The maximum atomic E-state index is 5.63. The minimum atomic E-state index is 0.561. The lowest BCUT2D eigenvalue weighted by atomic mass is 10.3. The van der Waals surface area contributed by atoms with Crippen molar-refractivity contribution in [1.29, 1.82) is 0 Å². The summed E-state index contributed by atoms with van der Waals surface area (Å²) in [6.45, 7) is 12.4. The molecule has 0 amide bonds. The fraction of sp³-hybridized carbons (Fsp3) is 0.263. The first-order valence-electron chi connectivity index (χ1n) is 7.65. The summed E-state index contributed by atoms with van der Waals surface area (Å²) in [5, 5.41) is 0. The number of hydrogen-bond acceptors (Lipinski definition) is 4. The maximum absolute atomic E-state index is 5.63. The molecule has 120 valence electrons. The Labute approximate surface area is 138 Å². The lowest BCUT2D eigenvalue weighted by Crippen LogP contribution is -2.27. The molecule has 4 nitrogen and oxygen atoms in total. The van der Waals surface area contributed by atoms with Crippen molar-refractivity contribution in [1.82, 2.24) is 14.9 Å². The number of allylic oxidation sites excluding steroid dienone is 1. The van der Waals surface area contributed by atoms with Gasteiger partial charge in [0.15, 0.2) is 0 Å².